The van der Waals surface area contributed by atoms with Crippen molar-refractivity contribution >= 4 is 11.9 Å². The van der Waals surface area contributed by atoms with Gasteiger partial charge in [-0.05, 0) is 89.9 Å². The van der Waals surface area contributed by atoms with Gasteiger partial charge in [0.05, 0.1) is 25.4 Å². The van der Waals surface area contributed by atoms with Crippen molar-refractivity contribution in [1.82, 2.24) is 5.32 Å². The average molecular weight is 1080 g/mol. The van der Waals surface area contributed by atoms with Crippen molar-refractivity contribution in [3.63, 3.8) is 0 Å². The molecule has 0 aromatic carbocycles. The summed E-state index contributed by atoms with van der Waals surface area (Å²) in [6.45, 7) is 4.95. The predicted molar refractivity (Wildman–Crippen MR) is 338 cm³/mol. The number of hydrogen-bond acceptors (Lipinski definition) is 5. The largest absolute Gasteiger partial charge is 0.466 e. The molecule has 0 heterocycles. The molecule has 0 spiro atoms. The van der Waals surface area contributed by atoms with Crippen LogP contribution in [0, 0.1) is 0 Å². The minimum absolute atomic E-state index is 0.00275. The number of carbonyl (C=O) groups is 2. The fourth-order valence-corrected chi connectivity index (χ4v) is 10.6. The number of aliphatic hydroxyl groups excluding tert-OH is 2. The van der Waals surface area contributed by atoms with Gasteiger partial charge in [0.1, 0.15) is 0 Å². The van der Waals surface area contributed by atoms with Crippen molar-refractivity contribution in [1.29, 1.82) is 0 Å². The number of nitrogens with one attached hydrogen (secondary N) is 1. The Morgan fingerprint density at radius 3 is 1.00 bits per heavy atom. The average Bonchev–Trinajstić information content (AvgIpc) is 3.43. The van der Waals surface area contributed by atoms with Gasteiger partial charge in [0.15, 0.2) is 0 Å². The van der Waals surface area contributed by atoms with E-state index >= 15 is 0 Å². The summed E-state index contributed by atoms with van der Waals surface area (Å²) in [6, 6.07) is -0.545. The molecule has 452 valence electrons. The zero-order chi connectivity index (χ0) is 55.7. The van der Waals surface area contributed by atoms with Crippen LogP contribution in [0.3, 0.4) is 0 Å². The Kier molecular flexibility index (Phi) is 64.5. The third-order valence-corrected chi connectivity index (χ3v) is 15.9. The summed E-state index contributed by atoms with van der Waals surface area (Å²) in [5.74, 6) is -0.0387. The van der Waals surface area contributed by atoms with E-state index < -0.39 is 12.1 Å². The number of hydrogen-bond donors (Lipinski definition) is 3. The summed E-state index contributed by atoms with van der Waals surface area (Å²) in [6.07, 6.45) is 85.7. The van der Waals surface area contributed by atoms with Gasteiger partial charge < -0.3 is 20.3 Å². The van der Waals surface area contributed by atoms with Crippen LogP contribution in [-0.4, -0.2) is 47.4 Å². The van der Waals surface area contributed by atoms with E-state index in [9.17, 15) is 19.8 Å². The highest BCUT2D eigenvalue weighted by Crippen LogP contribution is 2.18. The molecule has 0 aliphatic carbocycles. The van der Waals surface area contributed by atoms with Crippen LogP contribution in [0.2, 0.25) is 0 Å². The summed E-state index contributed by atoms with van der Waals surface area (Å²) in [5, 5.41) is 23.4. The molecule has 0 saturated carbocycles. The van der Waals surface area contributed by atoms with Crippen LogP contribution in [0.4, 0.5) is 0 Å². The van der Waals surface area contributed by atoms with E-state index in [1.165, 1.54) is 276 Å². The van der Waals surface area contributed by atoms with Crippen molar-refractivity contribution in [2.24, 2.45) is 0 Å². The quantitative estimate of drug-likeness (QED) is 0.0320. The van der Waals surface area contributed by atoms with Crippen LogP contribution in [0.25, 0.3) is 0 Å². The summed E-state index contributed by atoms with van der Waals surface area (Å²) < 4.78 is 5.48. The lowest BCUT2D eigenvalue weighted by molar-refractivity contribution is -0.143. The van der Waals surface area contributed by atoms with Crippen LogP contribution in [0.5, 0.6) is 0 Å². The number of allylic oxidation sites excluding steroid dienone is 8. The molecule has 1 amide bonds. The first-order valence-electron chi connectivity index (χ1n) is 34.4. The summed E-state index contributed by atoms with van der Waals surface area (Å²) in [5.41, 5.74) is 0. The first-order valence-corrected chi connectivity index (χ1v) is 34.4. The molecule has 0 bridgehead atoms. The fourth-order valence-electron chi connectivity index (χ4n) is 10.6. The van der Waals surface area contributed by atoms with Crippen molar-refractivity contribution in [3.05, 3.63) is 48.6 Å². The van der Waals surface area contributed by atoms with Gasteiger partial charge in [0.2, 0.25) is 5.91 Å². The topological polar surface area (TPSA) is 95.9 Å². The normalized spacial score (nSPS) is 12.8. The van der Waals surface area contributed by atoms with Gasteiger partial charge in [-0.1, -0.05) is 313 Å². The Balaban J connectivity index is 3.42. The van der Waals surface area contributed by atoms with E-state index in [0.29, 0.717) is 25.9 Å². The molecule has 0 fully saturated rings. The van der Waals surface area contributed by atoms with Crippen molar-refractivity contribution in [2.45, 2.75) is 379 Å². The first-order chi connectivity index (χ1) is 38.0. The van der Waals surface area contributed by atoms with E-state index in [0.717, 1.165) is 57.8 Å². The van der Waals surface area contributed by atoms with Crippen molar-refractivity contribution in [2.75, 3.05) is 13.2 Å². The second-order valence-electron chi connectivity index (χ2n) is 23.5. The number of esters is 1. The Bertz CT molecular complexity index is 1290. The fraction of sp³-hybridized carbons (Fsp3) is 0.859. The number of ether oxygens (including phenoxy) is 1. The molecule has 2 atom stereocenters. The Morgan fingerprint density at radius 1 is 0.364 bits per heavy atom. The molecule has 0 aromatic rings. The first kappa shape index (κ1) is 74.8. The number of amides is 1. The van der Waals surface area contributed by atoms with Gasteiger partial charge in [0, 0.05) is 12.8 Å². The maximum Gasteiger partial charge on any atom is 0.305 e. The predicted octanol–water partition coefficient (Wildman–Crippen LogP) is 22.1. The van der Waals surface area contributed by atoms with Gasteiger partial charge >= 0.3 is 5.97 Å². The number of aliphatic hydroxyl groups is 2. The van der Waals surface area contributed by atoms with Crippen LogP contribution < -0.4 is 5.32 Å². The van der Waals surface area contributed by atoms with E-state index in [4.69, 9.17) is 4.74 Å². The standard InChI is InChI=1S/C71H133NO5/c1-3-5-7-9-11-13-15-17-19-32-35-39-43-47-51-55-59-63-69(74)68(67-73)72-70(75)64-60-56-52-48-44-40-36-33-30-28-26-24-22-21-23-25-27-29-31-34-38-42-46-50-54-58-62-66-77-71(76)65-61-57-53-49-45-41-37-20-18-16-14-12-10-8-6-4-2/h14,16,20-22,25,27,37,68-69,73-74H,3-13,15,17-19,23-24,26,28-36,38-67H2,1-2H3,(H,72,75)/b16-14-,22-21-,27-25-,37-20-. The third-order valence-electron chi connectivity index (χ3n) is 15.9. The van der Waals surface area contributed by atoms with Crippen LogP contribution >= 0.6 is 0 Å². The highest BCUT2D eigenvalue weighted by molar-refractivity contribution is 5.76. The smallest absolute Gasteiger partial charge is 0.305 e. The summed E-state index contributed by atoms with van der Waals surface area (Å²) in [4.78, 5) is 24.6. The highest BCUT2D eigenvalue weighted by atomic mass is 16.5. The molecule has 6 nitrogen and oxygen atoms in total. The Labute approximate surface area is 480 Å². The lowest BCUT2D eigenvalue weighted by Gasteiger charge is -2.22. The molecule has 3 N–H and O–H groups in total. The van der Waals surface area contributed by atoms with E-state index in [1.54, 1.807) is 0 Å². The highest BCUT2D eigenvalue weighted by Gasteiger charge is 2.20. The second kappa shape index (κ2) is 66.3. The lowest BCUT2D eigenvalue weighted by Crippen LogP contribution is -2.45. The number of unbranched alkanes of at least 4 members (excludes halogenated alkanes) is 45. The van der Waals surface area contributed by atoms with Gasteiger partial charge in [-0.3, -0.25) is 9.59 Å². The second-order valence-corrected chi connectivity index (χ2v) is 23.5. The van der Waals surface area contributed by atoms with Crippen molar-refractivity contribution < 1.29 is 24.5 Å². The molecule has 0 aromatic heterocycles. The Morgan fingerprint density at radius 2 is 0.649 bits per heavy atom. The molecular weight excluding hydrogens is 947 g/mol. The SMILES string of the molecule is CCCCCC/C=C\C/C=C\CCCCCCCC(=O)OCCCCCCCCCCC/C=C\C/C=C\CCCCCCCCCCCCCC(=O)NC(CO)C(O)CCCCCCCCCCCCCCCCCCC. The molecule has 6 heteroatoms. The molecule has 0 rings (SSSR count). The number of rotatable bonds is 64. The third kappa shape index (κ3) is 62.9. The van der Waals surface area contributed by atoms with Gasteiger partial charge in [0.25, 0.3) is 0 Å². The van der Waals surface area contributed by atoms with Gasteiger partial charge in [-0.25, -0.2) is 0 Å². The van der Waals surface area contributed by atoms with E-state index in [2.05, 4.69) is 67.8 Å². The molecule has 0 aliphatic heterocycles. The molecule has 77 heavy (non-hydrogen) atoms. The van der Waals surface area contributed by atoms with Gasteiger partial charge in [-0.2, -0.15) is 0 Å². The Hall–Kier alpha value is -2.18. The minimum Gasteiger partial charge on any atom is -0.466 e. The molecule has 0 radical (unpaired) electrons. The molecule has 2 unspecified atom stereocenters. The number of carbonyl (C=O) groups excluding carboxylic acids is 2. The van der Waals surface area contributed by atoms with Crippen LogP contribution in [-0.2, 0) is 14.3 Å². The molecule has 0 saturated heterocycles. The van der Waals surface area contributed by atoms with Crippen LogP contribution in [0.15, 0.2) is 48.6 Å². The lowest BCUT2D eigenvalue weighted by atomic mass is 10.0. The van der Waals surface area contributed by atoms with E-state index in [-0.39, 0.29) is 18.5 Å². The van der Waals surface area contributed by atoms with Gasteiger partial charge in [-0.15, -0.1) is 0 Å². The summed E-state index contributed by atoms with van der Waals surface area (Å²) >= 11 is 0. The van der Waals surface area contributed by atoms with Crippen molar-refractivity contribution in [3.8, 4) is 0 Å². The maximum absolute atomic E-state index is 12.5. The maximum atomic E-state index is 12.5. The molecule has 0 aliphatic rings. The van der Waals surface area contributed by atoms with Crippen LogP contribution in [0.1, 0.15) is 367 Å². The van der Waals surface area contributed by atoms with E-state index in [1.807, 2.05) is 0 Å². The zero-order valence-corrected chi connectivity index (χ0v) is 51.7. The monoisotopic (exact) mass is 1080 g/mol. The zero-order valence-electron chi connectivity index (χ0n) is 51.7. The minimum atomic E-state index is -0.668. The summed E-state index contributed by atoms with van der Waals surface area (Å²) in [7, 11) is 0. The molecular formula is C71H133NO5.